The zero-order valence-corrected chi connectivity index (χ0v) is 18.4. The van der Waals surface area contributed by atoms with Gasteiger partial charge in [-0.15, -0.1) is 0 Å². The van der Waals surface area contributed by atoms with Crippen molar-refractivity contribution >= 4 is 0 Å². The number of piperidine rings is 1. The number of benzene rings is 2. The van der Waals surface area contributed by atoms with Crippen molar-refractivity contribution in [2.24, 2.45) is 11.8 Å². The van der Waals surface area contributed by atoms with Crippen LogP contribution in [0.25, 0.3) is 0 Å². The Kier molecular flexibility index (Phi) is 13.2. The van der Waals surface area contributed by atoms with Gasteiger partial charge in [-0.25, -0.2) is 0 Å². The summed E-state index contributed by atoms with van der Waals surface area (Å²) in [6, 6.07) is 20.8. The fourth-order valence-electron chi connectivity index (χ4n) is 4.26. The van der Waals surface area contributed by atoms with E-state index in [1.807, 2.05) is 12.1 Å². The lowest BCUT2D eigenvalue weighted by atomic mass is 9.90. The third-order valence-electron chi connectivity index (χ3n) is 6.05. The molecule has 2 aromatic carbocycles. The minimum atomic E-state index is 0. The van der Waals surface area contributed by atoms with Crippen LogP contribution in [0.15, 0.2) is 60.7 Å². The van der Waals surface area contributed by atoms with Crippen molar-refractivity contribution in [2.45, 2.75) is 65.6 Å². The smallest absolute Gasteiger partial charge is 0.0717 e. The number of ether oxygens (including phenoxy) is 2. The molecule has 0 amide bonds. The molecule has 172 valence electrons. The molecular weight excluding hydrogens is 382 g/mol. The van der Waals surface area contributed by atoms with E-state index in [0.29, 0.717) is 5.92 Å². The van der Waals surface area contributed by atoms with Gasteiger partial charge in [0.25, 0.3) is 0 Å². The molecule has 2 fully saturated rings. The first kappa shape index (κ1) is 25.6. The quantitative estimate of drug-likeness (QED) is 0.515. The SMILES string of the molecule is C.c1ccc(COCC2CCCCC2)cc1.c1ccc(COC[C@@H]2CCCNC2)cc1. The summed E-state index contributed by atoms with van der Waals surface area (Å²) in [6.45, 7) is 5.66. The fraction of sp³-hybridized carbons (Fsp3) is 0.571. The van der Waals surface area contributed by atoms with E-state index in [9.17, 15) is 0 Å². The van der Waals surface area contributed by atoms with E-state index in [1.54, 1.807) is 0 Å². The highest BCUT2D eigenvalue weighted by Gasteiger charge is 2.13. The largest absolute Gasteiger partial charge is 0.376 e. The zero-order valence-electron chi connectivity index (χ0n) is 18.4. The Balaban J connectivity index is 0.000000213. The van der Waals surface area contributed by atoms with Crippen molar-refractivity contribution in [3.8, 4) is 0 Å². The Morgan fingerprint density at radius 1 is 0.645 bits per heavy atom. The Morgan fingerprint density at radius 2 is 1.16 bits per heavy atom. The molecule has 1 aliphatic carbocycles. The minimum absolute atomic E-state index is 0. The summed E-state index contributed by atoms with van der Waals surface area (Å²) in [7, 11) is 0. The molecule has 0 radical (unpaired) electrons. The van der Waals surface area contributed by atoms with Gasteiger partial charge in [-0.1, -0.05) is 87.4 Å². The zero-order chi connectivity index (χ0) is 20.7. The molecule has 1 heterocycles. The van der Waals surface area contributed by atoms with Gasteiger partial charge in [-0.2, -0.15) is 0 Å². The van der Waals surface area contributed by atoms with Crippen molar-refractivity contribution in [1.82, 2.24) is 5.32 Å². The maximum absolute atomic E-state index is 5.76. The summed E-state index contributed by atoms with van der Waals surface area (Å²) in [4.78, 5) is 0. The molecule has 0 unspecified atom stereocenters. The molecule has 3 nitrogen and oxygen atoms in total. The van der Waals surface area contributed by atoms with Gasteiger partial charge >= 0.3 is 0 Å². The van der Waals surface area contributed by atoms with Gasteiger partial charge in [0.15, 0.2) is 0 Å². The molecule has 1 atom stereocenters. The van der Waals surface area contributed by atoms with Gasteiger partial charge in [0.2, 0.25) is 0 Å². The summed E-state index contributed by atoms with van der Waals surface area (Å²) in [6.07, 6.45) is 9.57. The number of nitrogens with one attached hydrogen (secondary N) is 1. The van der Waals surface area contributed by atoms with Crippen LogP contribution in [-0.4, -0.2) is 26.3 Å². The Bertz CT molecular complexity index is 590. The van der Waals surface area contributed by atoms with Crippen LogP contribution in [-0.2, 0) is 22.7 Å². The van der Waals surface area contributed by atoms with Crippen LogP contribution in [0, 0.1) is 11.8 Å². The summed E-state index contributed by atoms with van der Waals surface area (Å²) < 4.78 is 11.5. The molecule has 2 aliphatic rings. The second kappa shape index (κ2) is 16.0. The van der Waals surface area contributed by atoms with E-state index in [-0.39, 0.29) is 7.43 Å². The molecule has 0 aromatic heterocycles. The van der Waals surface area contributed by atoms with Crippen LogP contribution < -0.4 is 5.32 Å². The standard InChI is InChI=1S/C14H20O.C13H19NO.CH4/c1-3-7-13(8-4-1)11-15-12-14-9-5-2-6-10-14;1-2-5-12(6-3-1)10-15-11-13-7-4-8-14-9-13;/h1,3-4,7-8,14H,2,5-6,9-12H2;1-3,5-6,13-14H,4,7-11H2;1H4/t;13-;/m.1./s1. The van der Waals surface area contributed by atoms with Gasteiger partial charge in [0.05, 0.1) is 19.8 Å². The normalized spacial score (nSPS) is 19.0. The summed E-state index contributed by atoms with van der Waals surface area (Å²) in [5.74, 6) is 1.53. The van der Waals surface area contributed by atoms with Crippen molar-refractivity contribution in [2.75, 3.05) is 26.3 Å². The Labute approximate surface area is 190 Å². The first-order chi connectivity index (χ1) is 14.9. The van der Waals surface area contributed by atoms with Gasteiger partial charge in [-0.05, 0) is 55.2 Å². The summed E-state index contributed by atoms with van der Waals surface area (Å²) in [5.41, 5.74) is 2.55. The van der Waals surface area contributed by atoms with Crippen LogP contribution in [0.4, 0.5) is 0 Å². The fourth-order valence-corrected chi connectivity index (χ4v) is 4.26. The van der Waals surface area contributed by atoms with Crippen molar-refractivity contribution in [3.05, 3.63) is 71.8 Å². The molecule has 1 aliphatic heterocycles. The second-order valence-corrected chi connectivity index (χ2v) is 8.72. The third-order valence-corrected chi connectivity index (χ3v) is 6.05. The van der Waals surface area contributed by atoms with Gasteiger partial charge < -0.3 is 14.8 Å². The van der Waals surface area contributed by atoms with Crippen LogP contribution in [0.5, 0.6) is 0 Å². The average molecular weight is 426 g/mol. The molecule has 4 rings (SSSR count). The van der Waals surface area contributed by atoms with E-state index < -0.39 is 0 Å². The van der Waals surface area contributed by atoms with E-state index in [4.69, 9.17) is 9.47 Å². The predicted octanol–water partition coefficient (Wildman–Crippen LogP) is 6.62. The van der Waals surface area contributed by atoms with E-state index in [1.165, 1.54) is 62.6 Å². The first-order valence-electron chi connectivity index (χ1n) is 11.8. The lowest BCUT2D eigenvalue weighted by molar-refractivity contribution is 0.0739. The lowest BCUT2D eigenvalue weighted by Crippen LogP contribution is -2.32. The first-order valence-corrected chi connectivity index (χ1v) is 11.8. The molecule has 1 saturated heterocycles. The summed E-state index contributed by atoms with van der Waals surface area (Å²) >= 11 is 0. The predicted molar refractivity (Wildman–Crippen MR) is 131 cm³/mol. The van der Waals surface area contributed by atoms with Gasteiger partial charge in [0, 0.05) is 13.2 Å². The minimum Gasteiger partial charge on any atom is -0.376 e. The van der Waals surface area contributed by atoms with Crippen LogP contribution in [0.2, 0.25) is 0 Å². The lowest BCUT2D eigenvalue weighted by Gasteiger charge is -2.22. The molecule has 0 spiro atoms. The molecule has 0 bridgehead atoms. The van der Waals surface area contributed by atoms with Crippen molar-refractivity contribution in [1.29, 1.82) is 0 Å². The van der Waals surface area contributed by atoms with E-state index in [0.717, 1.165) is 38.9 Å². The molecule has 31 heavy (non-hydrogen) atoms. The maximum Gasteiger partial charge on any atom is 0.0717 e. The van der Waals surface area contributed by atoms with Gasteiger partial charge in [-0.3, -0.25) is 0 Å². The molecule has 2 aromatic rings. The number of hydrogen-bond donors (Lipinski definition) is 1. The van der Waals surface area contributed by atoms with Crippen LogP contribution >= 0.6 is 0 Å². The Hall–Kier alpha value is -1.68. The van der Waals surface area contributed by atoms with Crippen molar-refractivity contribution < 1.29 is 9.47 Å². The van der Waals surface area contributed by atoms with E-state index in [2.05, 4.69) is 53.8 Å². The van der Waals surface area contributed by atoms with Crippen molar-refractivity contribution in [3.63, 3.8) is 0 Å². The molecular formula is C28H43NO2. The Morgan fingerprint density at radius 3 is 1.68 bits per heavy atom. The van der Waals surface area contributed by atoms with E-state index >= 15 is 0 Å². The van der Waals surface area contributed by atoms with Gasteiger partial charge in [0.1, 0.15) is 0 Å². The van der Waals surface area contributed by atoms with Crippen LogP contribution in [0.3, 0.4) is 0 Å². The third kappa shape index (κ3) is 11.0. The highest BCUT2D eigenvalue weighted by atomic mass is 16.5. The average Bonchev–Trinajstić information content (AvgIpc) is 2.82. The molecule has 1 N–H and O–H groups in total. The van der Waals surface area contributed by atoms with Crippen LogP contribution in [0.1, 0.15) is 63.5 Å². The highest BCUT2D eigenvalue weighted by molar-refractivity contribution is 5.14. The maximum atomic E-state index is 5.76. The molecule has 1 saturated carbocycles. The highest BCUT2D eigenvalue weighted by Crippen LogP contribution is 2.23. The summed E-state index contributed by atoms with van der Waals surface area (Å²) in [5, 5.41) is 3.40. The monoisotopic (exact) mass is 425 g/mol. The molecule has 3 heteroatoms. The number of rotatable bonds is 8. The topological polar surface area (TPSA) is 30.5 Å². The second-order valence-electron chi connectivity index (χ2n) is 8.72. The number of hydrogen-bond acceptors (Lipinski definition) is 3.